The number of aryl methyl sites for hydroxylation is 1. The fourth-order valence-corrected chi connectivity index (χ4v) is 4.20. The van der Waals surface area contributed by atoms with Crippen LogP contribution < -0.4 is 9.47 Å². The zero-order valence-electron chi connectivity index (χ0n) is 17.8. The molecular weight excluding hydrogens is 386 g/mol. The van der Waals surface area contributed by atoms with Gasteiger partial charge in [0.25, 0.3) is 0 Å². The summed E-state index contributed by atoms with van der Waals surface area (Å²) < 4.78 is 15.8. The minimum atomic E-state index is 0.615. The van der Waals surface area contributed by atoms with Crippen LogP contribution in [0.4, 0.5) is 0 Å². The number of methoxy groups -OCH3 is 2. The van der Waals surface area contributed by atoms with E-state index < -0.39 is 0 Å². The molecule has 1 aromatic carbocycles. The summed E-state index contributed by atoms with van der Waals surface area (Å²) in [7, 11) is 5.41. The van der Waals surface area contributed by atoms with Gasteiger partial charge in [0.15, 0.2) is 16.3 Å². The van der Waals surface area contributed by atoms with Gasteiger partial charge in [-0.25, -0.2) is 4.68 Å². The number of rotatable bonds is 7. The van der Waals surface area contributed by atoms with E-state index >= 15 is 0 Å². The fraction of sp³-hybridized carbons (Fsp3) is 0.619. The first-order valence-corrected chi connectivity index (χ1v) is 10.7. The molecule has 0 spiro atoms. The molecule has 2 aromatic rings. The second-order valence-electron chi connectivity index (χ2n) is 8.14. The summed E-state index contributed by atoms with van der Waals surface area (Å²) in [4.78, 5) is 4.94. The molecule has 158 valence electrons. The molecule has 1 aliphatic heterocycles. The van der Waals surface area contributed by atoms with Gasteiger partial charge in [-0.1, -0.05) is 0 Å². The standard InChI is InChI=1S/C21H31N5O2S/c1-15-11-18(27-3)19(28-4)12-17(15)13-24-7-9-25(10-8-24)14-26-21(29)23(2)20(22-26)16-5-6-16/h11-12,16H,5-10,13-14H2,1-4H3. The van der Waals surface area contributed by atoms with Crippen molar-refractivity contribution in [3.8, 4) is 11.5 Å². The Morgan fingerprint density at radius 1 is 1.03 bits per heavy atom. The van der Waals surface area contributed by atoms with Gasteiger partial charge in [-0.3, -0.25) is 9.80 Å². The van der Waals surface area contributed by atoms with E-state index in [4.69, 9.17) is 26.8 Å². The van der Waals surface area contributed by atoms with E-state index in [1.165, 1.54) is 24.0 Å². The Kier molecular flexibility index (Phi) is 5.94. The van der Waals surface area contributed by atoms with Crippen molar-refractivity contribution in [2.24, 2.45) is 7.05 Å². The van der Waals surface area contributed by atoms with Crippen molar-refractivity contribution >= 4 is 12.2 Å². The van der Waals surface area contributed by atoms with Crippen LogP contribution in [-0.4, -0.2) is 64.5 Å². The Balaban J connectivity index is 1.35. The lowest BCUT2D eigenvalue weighted by atomic mass is 10.1. The maximum Gasteiger partial charge on any atom is 0.198 e. The molecular formula is C21H31N5O2S. The minimum absolute atomic E-state index is 0.615. The predicted molar refractivity (Wildman–Crippen MR) is 115 cm³/mol. The fourth-order valence-electron chi connectivity index (χ4n) is 4.01. The van der Waals surface area contributed by atoms with Crippen molar-refractivity contribution in [1.29, 1.82) is 0 Å². The Morgan fingerprint density at radius 2 is 1.66 bits per heavy atom. The Bertz CT molecular complexity index is 926. The van der Waals surface area contributed by atoms with Crippen LogP contribution in [0.25, 0.3) is 0 Å². The van der Waals surface area contributed by atoms with Gasteiger partial charge in [0.2, 0.25) is 0 Å². The number of aromatic nitrogens is 3. The van der Waals surface area contributed by atoms with Crippen molar-refractivity contribution in [3.05, 3.63) is 33.9 Å². The SMILES string of the molecule is COc1cc(C)c(CN2CCN(Cn3nc(C4CC4)n(C)c3=S)CC2)cc1OC. The maximum absolute atomic E-state index is 5.60. The molecule has 1 aromatic heterocycles. The van der Waals surface area contributed by atoms with E-state index in [1.54, 1.807) is 14.2 Å². The highest BCUT2D eigenvalue weighted by atomic mass is 32.1. The second kappa shape index (κ2) is 8.45. The van der Waals surface area contributed by atoms with Crippen LogP contribution in [0.3, 0.4) is 0 Å². The minimum Gasteiger partial charge on any atom is -0.493 e. The summed E-state index contributed by atoms with van der Waals surface area (Å²) in [5.41, 5.74) is 2.52. The molecule has 1 saturated heterocycles. The third-order valence-corrected chi connectivity index (χ3v) is 6.54. The van der Waals surface area contributed by atoms with Crippen LogP contribution in [0.2, 0.25) is 0 Å². The zero-order valence-corrected chi connectivity index (χ0v) is 18.7. The van der Waals surface area contributed by atoms with Crippen molar-refractivity contribution in [3.63, 3.8) is 0 Å². The average Bonchev–Trinajstić information content (AvgIpc) is 3.53. The van der Waals surface area contributed by atoms with Crippen molar-refractivity contribution in [2.75, 3.05) is 40.4 Å². The lowest BCUT2D eigenvalue weighted by Crippen LogP contribution is -2.46. The van der Waals surface area contributed by atoms with Crippen LogP contribution in [0.1, 0.15) is 35.7 Å². The summed E-state index contributed by atoms with van der Waals surface area (Å²) in [5.74, 6) is 3.35. The molecule has 2 fully saturated rings. The summed E-state index contributed by atoms with van der Waals surface area (Å²) in [6.07, 6.45) is 2.49. The molecule has 0 atom stereocenters. The van der Waals surface area contributed by atoms with Gasteiger partial charge in [-0.05, 0) is 55.2 Å². The lowest BCUT2D eigenvalue weighted by Gasteiger charge is -2.34. The molecule has 2 heterocycles. The normalized spacial score (nSPS) is 18.2. The van der Waals surface area contributed by atoms with E-state index in [1.807, 2.05) is 11.7 Å². The Morgan fingerprint density at radius 3 is 2.28 bits per heavy atom. The largest absolute Gasteiger partial charge is 0.493 e. The monoisotopic (exact) mass is 417 g/mol. The van der Waals surface area contributed by atoms with E-state index in [0.717, 1.165) is 61.5 Å². The summed E-state index contributed by atoms with van der Waals surface area (Å²) in [6, 6.07) is 4.16. The number of piperazine rings is 1. The van der Waals surface area contributed by atoms with Crippen molar-refractivity contribution < 1.29 is 9.47 Å². The summed E-state index contributed by atoms with van der Waals surface area (Å²) in [6.45, 7) is 7.94. The molecule has 0 radical (unpaired) electrons. The molecule has 0 N–H and O–H groups in total. The zero-order chi connectivity index (χ0) is 20.5. The van der Waals surface area contributed by atoms with Gasteiger partial charge in [0.1, 0.15) is 5.82 Å². The molecule has 29 heavy (non-hydrogen) atoms. The number of nitrogens with zero attached hydrogens (tertiary/aromatic N) is 5. The molecule has 0 amide bonds. The highest BCUT2D eigenvalue weighted by molar-refractivity contribution is 7.71. The topological polar surface area (TPSA) is 47.7 Å². The van der Waals surface area contributed by atoms with E-state index in [9.17, 15) is 0 Å². The molecule has 1 aliphatic carbocycles. The highest BCUT2D eigenvalue weighted by Gasteiger charge is 2.29. The van der Waals surface area contributed by atoms with Crippen molar-refractivity contribution in [1.82, 2.24) is 24.1 Å². The molecule has 1 saturated carbocycles. The number of hydrogen-bond acceptors (Lipinski definition) is 6. The van der Waals surface area contributed by atoms with Gasteiger partial charge < -0.3 is 14.0 Å². The maximum atomic E-state index is 5.60. The molecule has 0 bridgehead atoms. The summed E-state index contributed by atoms with van der Waals surface area (Å²) in [5, 5.41) is 4.79. The smallest absolute Gasteiger partial charge is 0.198 e. The lowest BCUT2D eigenvalue weighted by molar-refractivity contribution is 0.0977. The van der Waals surface area contributed by atoms with Crippen LogP contribution in [-0.2, 0) is 20.3 Å². The molecule has 4 rings (SSSR count). The molecule has 7 nitrogen and oxygen atoms in total. The van der Waals surface area contributed by atoms with E-state index in [-0.39, 0.29) is 0 Å². The highest BCUT2D eigenvalue weighted by Crippen LogP contribution is 2.38. The van der Waals surface area contributed by atoms with Gasteiger partial charge in [0, 0.05) is 45.7 Å². The van der Waals surface area contributed by atoms with Gasteiger partial charge in [-0.2, -0.15) is 5.10 Å². The van der Waals surface area contributed by atoms with Gasteiger partial charge in [-0.15, -0.1) is 0 Å². The summed E-state index contributed by atoms with van der Waals surface area (Å²) >= 11 is 5.60. The van der Waals surface area contributed by atoms with Crippen molar-refractivity contribution in [2.45, 2.75) is 38.9 Å². The van der Waals surface area contributed by atoms with Crippen LogP contribution in [0.15, 0.2) is 12.1 Å². The molecule has 0 unspecified atom stereocenters. The first-order chi connectivity index (χ1) is 14.0. The second-order valence-corrected chi connectivity index (χ2v) is 8.51. The third kappa shape index (κ3) is 4.34. The predicted octanol–water partition coefficient (Wildman–Crippen LogP) is 2.93. The average molecular weight is 418 g/mol. The van der Waals surface area contributed by atoms with Crippen LogP contribution >= 0.6 is 12.2 Å². The Labute approximate surface area is 177 Å². The van der Waals surface area contributed by atoms with Gasteiger partial charge >= 0.3 is 0 Å². The van der Waals surface area contributed by atoms with Crippen LogP contribution in [0, 0.1) is 11.7 Å². The first kappa shape index (κ1) is 20.4. The number of ether oxygens (including phenoxy) is 2. The number of benzene rings is 1. The van der Waals surface area contributed by atoms with E-state index in [0.29, 0.717) is 5.92 Å². The van der Waals surface area contributed by atoms with E-state index in [2.05, 4.69) is 33.4 Å². The molecule has 2 aliphatic rings. The first-order valence-electron chi connectivity index (χ1n) is 10.3. The molecule has 8 heteroatoms. The van der Waals surface area contributed by atoms with Crippen LogP contribution in [0.5, 0.6) is 11.5 Å². The van der Waals surface area contributed by atoms with Gasteiger partial charge in [0.05, 0.1) is 20.9 Å². The third-order valence-electron chi connectivity index (χ3n) is 6.05. The Hall–Kier alpha value is -1.90. The number of hydrogen-bond donors (Lipinski definition) is 0. The quantitative estimate of drug-likeness (QED) is 0.646.